The molecule has 1 aromatic carbocycles. The standard InChI is InChI=1S/C17H28N2O/c1-4-11-20-16-9-7-14(8-10-16)13(2)19(3)17(12-18)15-5-6-15/h7-10,13,15,17H,4-6,11-12,18H2,1-3H3. The smallest absolute Gasteiger partial charge is 0.119 e. The Morgan fingerprint density at radius 3 is 2.45 bits per heavy atom. The van der Waals surface area contributed by atoms with Crippen LogP contribution in [0.4, 0.5) is 0 Å². The van der Waals surface area contributed by atoms with Crippen molar-refractivity contribution in [3.8, 4) is 5.75 Å². The number of hydrogen-bond acceptors (Lipinski definition) is 3. The number of nitrogens with zero attached hydrogens (tertiary/aromatic N) is 1. The van der Waals surface area contributed by atoms with E-state index in [1.807, 2.05) is 0 Å². The molecule has 0 amide bonds. The predicted octanol–water partition coefficient (Wildman–Crippen LogP) is 3.21. The van der Waals surface area contributed by atoms with Crippen LogP contribution in [0, 0.1) is 5.92 Å². The van der Waals surface area contributed by atoms with Crippen molar-refractivity contribution >= 4 is 0 Å². The zero-order valence-corrected chi connectivity index (χ0v) is 13.0. The van der Waals surface area contributed by atoms with Crippen LogP contribution in [0.25, 0.3) is 0 Å². The molecule has 1 fully saturated rings. The van der Waals surface area contributed by atoms with Gasteiger partial charge in [-0.15, -0.1) is 0 Å². The van der Waals surface area contributed by atoms with Gasteiger partial charge in [-0.25, -0.2) is 0 Å². The highest BCUT2D eigenvalue weighted by molar-refractivity contribution is 5.29. The van der Waals surface area contributed by atoms with Crippen LogP contribution in [-0.4, -0.2) is 31.1 Å². The topological polar surface area (TPSA) is 38.5 Å². The van der Waals surface area contributed by atoms with Gasteiger partial charge in [-0.05, 0) is 56.8 Å². The molecular weight excluding hydrogens is 248 g/mol. The normalized spacial score (nSPS) is 18.1. The Morgan fingerprint density at radius 1 is 1.30 bits per heavy atom. The van der Waals surface area contributed by atoms with E-state index in [1.54, 1.807) is 0 Å². The Hall–Kier alpha value is -1.06. The van der Waals surface area contributed by atoms with E-state index in [0.717, 1.165) is 31.2 Å². The van der Waals surface area contributed by atoms with E-state index >= 15 is 0 Å². The van der Waals surface area contributed by atoms with Crippen LogP contribution in [0.3, 0.4) is 0 Å². The largest absolute Gasteiger partial charge is 0.494 e. The lowest BCUT2D eigenvalue weighted by atomic mass is 10.0. The summed E-state index contributed by atoms with van der Waals surface area (Å²) < 4.78 is 5.63. The van der Waals surface area contributed by atoms with Gasteiger partial charge in [0.2, 0.25) is 0 Å². The van der Waals surface area contributed by atoms with Crippen LogP contribution in [0.2, 0.25) is 0 Å². The van der Waals surface area contributed by atoms with Crippen LogP contribution in [0.15, 0.2) is 24.3 Å². The van der Waals surface area contributed by atoms with E-state index in [2.05, 4.69) is 50.1 Å². The summed E-state index contributed by atoms with van der Waals surface area (Å²) in [6, 6.07) is 9.40. The molecule has 1 saturated carbocycles. The maximum absolute atomic E-state index is 5.95. The molecule has 0 heterocycles. The van der Waals surface area contributed by atoms with Crippen LogP contribution in [0.1, 0.15) is 44.7 Å². The van der Waals surface area contributed by atoms with E-state index in [0.29, 0.717) is 12.1 Å². The average Bonchev–Trinajstić information content (AvgIpc) is 3.30. The van der Waals surface area contributed by atoms with Crippen molar-refractivity contribution in [2.24, 2.45) is 11.7 Å². The lowest BCUT2D eigenvalue weighted by Crippen LogP contribution is -2.41. The lowest BCUT2D eigenvalue weighted by molar-refractivity contribution is 0.170. The molecule has 0 aliphatic heterocycles. The van der Waals surface area contributed by atoms with Gasteiger partial charge in [0.05, 0.1) is 6.61 Å². The molecule has 112 valence electrons. The van der Waals surface area contributed by atoms with Crippen molar-refractivity contribution in [1.29, 1.82) is 0 Å². The number of likely N-dealkylation sites (N-methyl/N-ethyl adjacent to an activating group) is 1. The van der Waals surface area contributed by atoms with E-state index in [9.17, 15) is 0 Å². The number of hydrogen-bond donors (Lipinski definition) is 1. The van der Waals surface area contributed by atoms with Crippen molar-refractivity contribution < 1.29 is 4.74 Å². The first-order valence-electron chi connectivity index (χ1n) is 7.82. The summed E-state index contributed by atoms with van der Waals surface area (Å²) in [7, 11) is 2.20. The molecule has 20 heavy (non-hydrogen) atoms. The van der Waals surface area contributed by atoms with Gasteiger partial charge in [0.15, 0.2) is 0 Å². The molecule has 0 aromatic heterocycles. The number of nitrogens with two attached hydrogens (primary N) is 1. The van der Waals surface area contributed by atoms with Crippen LogP contribution < -0.4 is 10.5 Å². The van der Waals surface area contributed by atoms with E-state index in [4.69, 9.17) is 10.5 Å². The molecule has 2 N–H and O–H groups in total. The van der Waals surface area contributed by atoms with Crippen molar-refractivity contribution in [2.75, 3.05) is 20.2 Å². The van der Waals surface area contributed by atoms with E-state index in [1.165, 1.54) is 18.4 Å². The summed E-state index contributed by atoms with van der Waals surface area (Å²) in [6.45, 7) is 5.91. The second kappa shape index (κ2) is 7.09. The quantitative estimate of drug-likeness (QED) is 0.792. The monoisotopic (exact) mass is 276 g/mol. The maximum Gasteiger partial charge on any atom is 0.119 e. The third-order valence-electron chi connectivity index (χ3n) is 4.38. The highest BCUT2D eigenvalue weighted by Crippen LogP contribution is 2.37. The van der Waals surface area contributed by atoms with Gasteiger partial charge in [-0.2, -0.15) is 0 Å². The molecule has 1 aliphatic carbocycles. The Bertz CT molecular complexity index is 400. The molecule has 0 bridgehead atoms. The molecule has 0 saturated heterocycles. The Balaban J connectivity index is 1.98. The minimum absolute atomic E-state index is 0.393. The van der Waals surface area contributed by atoms with Crippen molar-refractivity contribution in [3.63, 3.8) is 0 Å². The summed E-state index contributed by atoms with van der Waals surface area (Å²) in [5, 5.41) is 0. The predicted molar refractivity (Wildman–Crippen MR) is 84.0 cm³/mol. The zero-order chi connectivity index (χ0) is 14.5. The third-order valence-corrected chi connectivity index (χ3v) is 4.38. The third kappa shape index (κ3) is 3.74. The van der Waals surface area contributed by atoms with Gasteiger partial charge < -0.3 is 10.5 Å². The second-order valence-electron chi connectivity index (χ2n) is 5.90. The lowest BCUT2D eigenvalue weighted by Gasteiger charge is -2.33. The van der Waals surface area contributed by atoms with Gasteiger partial charge in [0, 0.05) is 18.6 Å². The highest BCUT2D eigenvalue weighted by atomic mass is 16.5. The summed E-state index contributed by atoms with van der Waals surface area (Å²) in [6.07, 6.45) is 3.71. The van der Waals surface area contributed by atoms with Crippen LogP contribution in [-0.2, 0) is 0 Å². The number of benzene rings is 1. The fraction of sp³-hybridized carbons (Fsp3) is 0.647. The van der Waals surface area contributed by atoms with Gasteiger partial charge in [0.25, 0.3) is 0 Å². The molecule has 1 aliphatic rings. The molecule has 2 unspecified atom stereocenters. The number of ether oxygens (including phenoxy) is 1. The fourth-order valence-electron chi connectivity index (χ4n) is 2.76. The highest BCUT2D eigenvalue weighted by Gasteiger charge is 2.34. The minimum atomic E-state index is 0.393. The average molecular weight is 276 g/mol. The molecule has 3 heteroatoms. The van der Waals surface area contributed by atoms with Gasteiger partial charge in [-0.1, -0.05) is 19.1 Å². The van der Waals surface area contributed by atoms with Crippen LogP contribution >= 0.6 is 0 Å². The van der Waals surface area contributed by atoms with Crippen LogP contribution in [0.5, 0.6) is 5.75 Å². The molecule has 2 rings (SSSR count). The molecule has 0 spiro atoms. The summed E-state index contributed by atoms with van der Waals surface area (Å²) in [5.74, 6) is 1.77. The maximum atomic E-state index is 5.95. The zero-order valence-electron chi connectivity index (χ0n) is 13.0. The first kappa shape index (κ1) is 15.3. The minimum Gasteiger partial charge on any atom is -0.494 e. The van der Waals surface area contributed by atoms with Gasteiger partial charge in [-0.3, -0.25) is 4.90 Å². The van der Waals surface area contributed by atoms with Gasteiger partial charge in [0.1, 0.15) is 5.75 Å². The molecular formula is C17H28N2O. The number of rotatable bonds is 8. The van der Waals surface area contributed by atoms with E-state index in [-0.39, 0.29) is 0 Å². The van der Waals surface area contributed by atoms with Gasteiger partial charge >= 0.3 is 0 Å². The Labute approximate surface area is 123 Å². The summed E-state index contributed by atoms with van der Waals surface area (Å²) in [4.78, 5) is 2.43. The first-order valence-corrected chi connectivity index (χ1v) is 7.82. The molecule has 3 nitrogen and oxygen atoms in total. The molecule has 1 aromatic rings. The fourth-order valence-corrected chi connectivity index (χ4v) is 2.76. The van der Waals surface area contributed by atoms with Crippen molar-refractivity contribution in [2.45, 2.75) is 45.2 Å². The second-order valence-corrected chi connectivity index (χ2v) is 5.90. The Morgan fingerprint density at radius 2 is 1.95 bits per heavy atom. The SMILES string of the molecule is CCCOc1ccc(C(C)N(C)C(CN)C2CC2)cc1. The first-order chi connectivity index (χ1) is 9.67. The summed E-state index contributed by atoms with van der Waals surface area (Å²) in [5.41, 5.74) is 7.28. The molecule has 0 radical (unpaired) electrons. The Kier molecular flexibility index (Phi) is 5.44. The molecule has 2 atom stereocenters. The summed E-state index contributed by atoms with van der Waals surface area (Å²) >= 11 is 0. The van der Waals surface area contributed by atoms with Crippen molar-refractivity contribution in [3.05, 3.63) is 29.8 Å². The van der Waals surface area contributed by atoms with Crippen molar-refractivity contribution in [1.82, 2.24) is 4.90 Å². The van der Waals surface area contributed by atoms with E-state index < -0.39 is 0 Å².